The summed E-state index contributed by atoms with van der Waals surface area (Å²) in [5, 5.41) is 2.99. The predicted octanol–water partition coefficient (Wildman–Crippen LogP) is 2.77. The molecule has 4 heteroatoms. The highest BCUT2D eigenvalue weighted by Crippen LogP contribution is 2.50. The number of nitrogens with two attached hydrogens (primary N) is 1. The first-order valence-electron chi connectivity index (χ1n) is 7.51. The van der Waals surface area contributed by atoms with Gasteiger partial charge in [0, 0.05) is 24.1 Å². The number of ether oxygens (including phenoxy) is 1. The van der Waals surface area contributed by atoms with Crippen molar-refractivity contribution in [3.8, 4) is 0 Å². The van der Waals surface area contributed by atoms with E-state index in [2.05, 4.69) is 5.32 Å². The van der Waals surface area contributed by atoms with E-state index in [-0.39, 0.29) is 17.4 Å². The van der Waals surface area contributed by atoms with Crippen molar-refractivity contribution in [2.24, 2.45) is 11.1 Å². The molecule has 1 aliphatic rings. The molecular formula is C17H26N2O2. The average Bonchev–Trinajstić information content (AvgIpc) is 2.42. The second kappa shape index (κ2) is 5.43. The average molecular weight is 290 g/mol. The quantitative estimate of drug-likeness (QED) is 0.896. The third-order valence-electron chi connectivity index (χ3n) is 4.88. The number of anilines is 1. The smallest absolute Gasteiger partial charge is 0.245 e. The summed E-state index contributed by atoms with van der Waals surface area (Å²) in [6.45, 7) is 10.6. The van der Waals surface area contributed by atoms with E-state index in [9.17, 15) is 4.79 Å². The fourth-order valence-corrected chi connectivity index (χ4v) is 2.92. The van der Waals surface area contributed by atoms with Crippen LogP contribution in [0.2, 0.25) is 0 Å². The standard InChI is InChI=1S/C17H26N2O2/c1-6-21-14-10-17(18,16(14,4)5)15(20)19-13-9-11(2)7-8-12(13)3/h7-9,14H,6,10,18H2,1-5H3,(H,19,20). The molecule has 0 bridgehead atoms. The lowest BCUT2D eigenvalue weighted by atomic mass is 9.54. The summed E-state index contributed by atoms with van der Waals surface area (Å²) in [6, 6.07) is 6.01. The second-order valence-electron chi connectivity index (χ2n) is 6.61. The maximum atomic E-state index is 12.7. The molecule has 1 aromatic rings. The van der Waals surface area contributed by atoms with Crippen molar-refractivity contribution in [2.45, 2.75) is 52.7 Å². The molecule has 1 fully saturated rings. The van der Waals surface area contributed by atoms with E-state index < -0.39 is 5.54 Å². The number of hydrogen-bond donors (Lipinski definition) is 2. The normalized spacial score (nSPS) is 27.0. The topological polar surface area (TPSA) is 64.3 Å². The highest BCUT2D eigenvalue weighted by molar-refractivity contribution is 6.00. The highest BCUT2D eigenvalue weighted by Gasteiger charge is 2.62. The Morgan fingerprint density at radius 1 is 1.43 bits per heavy atom. The first kappa shape index (κ1) is 16.0. The van der Waals surface area contributed by atoms with E-state index >= 15 is 0 Å². The van der Waals surface area contributed by atoms with Gasteiger partial charge in [0.05, 0.1) is 6.10 Å². The number of rotatable bonds is 4. The summed E-state index contributed by atoms with van der Waals surface area (Å²) in [7, 11) is 0. The van der Waals surface area contributed by atoms with Crippen LogP contribution in [-0.4, -0.2) is 24.2 Å². The summed E-state index contributed by atoms with van der Waals surface area (Å²) in [6.07, 6.45) is 0.599. The number of amides is 1. The third kappa shape index (κ3) is 2.58. The summed E-state index contributed by atoms with van der Waals surface area (Å²) in [5.41, 5.74) is 8.12. The van der Waals surface area contributed by atoms with Gasteiger partial charge in [-0.15, -0.1) is 0 Å². The zero-order valence-electron chi connectivity index (χ0n) is 13.6. The Morgan fingerprint density at radius 2 is 2.10 bits per heavy atom. The molecule has 0 saturated heterocycles. The Balaban J connectivity index is 2.16. The molecule has 1 aromatic carbocycles. The van der Waals surface area contributed by atoms with Crippen molar-refractivity contribution in [1.82, 2.24) is 0 Å². The van der Waals surface area contributed by atoms with Crippen LogP contribution in [0.5, 0.6) is 0 Å². The molecular weight excluding hydrogens is 264 g/mol. The fraction of sp³-hybridized carbons (Fsp3) is 0.588. The van der Waals surface area contributed by atoms with E-state index in [1.807, 2.05) is 52.8 Å². The summed E-state index contributed by atoms with van der Waals surface area (Å²) in [4.78, 5) is 12.7. The first-order valence-corrected chi connectivity index (χ1v) is 7.51. The van der Waals surface area contributed by atoms with Gasteiger partial charge in [0.15, 0.2) is 0 Å². The van der Waals surface area contributed by atoms with Crippen molar-refractivity contribution in [3.05, 3.63) is 29.3 Å². The minimum absolute atomic E-state index is 0.0388. The van der Waals surface area contributed by atoms with Crippen LogP contribution in [0.3, 0.4) is 0 Å². The van der Waals surface area contributed by atoms with Crippen LogP contribution in [0.4, 0.5) is 5.69 Å². The molecule has 1 amide bonds. The number of hydrogen-bond acceptors (Lipinski definition) is 3. The number of aryl methyl sites for hydroxylation is 2. The minimum atomic E-state index is -0.886. The molecule has 2 unspecified atom stereocenters. The van der Waals surface area contributed by atoms with Gasteiger partial charge in [0.25, 0.3) is 0 Å². The van der Waals surface area contributed by atoms with Gasteiger partial charge in [0.1, 0.15) is 5.54 Å². The van der Waals surface area contributed by atoms with Gasteiger partial charge in [-0.2, -0.15) is 0 Å². The van der Waals surface area contributed by atoms with Crippen LogP contribution in [0, 0.1) is 19.3 Å². The summed E-state index contributed by atoms with van der Waals surface area (Å²) < 4.78 is 5.67. The Labute approximate surface area is 127 Å². The van der Waals surface area contributed by atoms with Gasteiger partial charge in [-0.05, 0) is 38.0 Å². The van der Waals surface area contributed by atoms with Crippen molar-refractivity contribution in [3.63, 3.8) is 0 Å². The molecule has 2 atom stereocenters. The van der Waals surface area contributed by atoms with Gasteiger partial charge >= 0.3 is 0 Å². The number of carbonyl (C=O) groups is 1. The number of benzene rings is 1. The molecule has 0 aliphatic heterocycles. The van der Waals surface area contributed by atoms with Gasteiger partial charge in [-0.3, -0.25) is 4.79 Å². The van der Waals surface area contributed by atoms with Crippen LogP contribution in [-0.2, 0) is 9.53 Å². The molecule has 3 N–H and O–H groups in total. The Kier molecular flexibility index (Phi) is 4.13. The SMILES string of the molecule is CCOC1CC(N)(C(=O)Nc2cc(C)ccc2C)C1(C)C. The van der Waals surface area contributed by atoms with E-state index in [1.54, 1.807) is 0 Å². The highest BCUT2D eigenvalue weighted by atomic mass is 16.5. The first-order chi connectivity index (χ1) is 9.72. The molecule has 1 saturated carbocycles. The van der Waals surface area contributed by atoms with E-state index in [4.69, 9.17) is 10.5 Å². The fourth-order valence-electron chi connectivity index (χ4n) is 2.92. The van der Waals surface area contributed by atoms with E-state index in [0.29, 0.717) is 13.0 Å². The van der Waals surface area contributed by atoms with Crippen LogP contribution in [0.1, 0.15) is 38.3 Å². The van der Waals surface area contributed by atoms with E-state index in [0.717, 1.165) is 16.8 Å². The molecule has 116 valence electrons. The summed E-state index contributed by atoms with van der Waals surface area (Å²) >= 11 is 0. The Morgan fingerprint density at radius 3 is 2.67 bits per heavy atom. The second-order valence-corrected chi connectivity index (χ2v) is 6.61. The lowest BCUT2D eigenvalue weighted by Crippen LogP contribution is -2.74. The van der Waals surface area contributed by atoms with Crippen molar-refractivity contribution in [2.75, 3.05) is 11.9 Å². The zero-order chi connectivity index (χ0) is 15.8. The molecule has 1 aliphatic carbocycles. The van der Waals surface area contributed by atoms with E-state index in [1.165, 1.54) is 0 Å². The lowest BCUT2D eigenvalue weighted by Gasteiger charge is -2.57. The van der Waals surface area contributed by atoms with Crippen molar-refractivity contribution in [1.29, 1.82) is 0 Å². The summed E-state index contributed by atoms with van der Waals surface area (Å²) in [5.74, 6) is -0.128. The Bertz CT molecular complexity index is 554. The molecule has 0 spiro atoms. The van der Waals surface area contributed by atoms with Crippen LogP contribution >= 0.6 is 0 Å². The van der Waals surface area contributed by atoms with Gasteiger partial charge < -0.3 is 15.8 Å². The zero-order valence-corrected chi connectivity index (χ0v) is 13.6. The molecule has 2 rings (SSSR count). The Hall–Kier alpha value is -1.39. The monoisotopic (exact) mass is 290 g/mol. The molecule has 0 radical (unpaired) electrons. The molecule has 4 nitrogen and oxygen atoms in total. The maximum Gasteiger partial charge on any atom is 0.245 e. The van der Waals surface area contributed by atoms with Crippen LogP contribution in [0.25, 0.3) is 0 Å². The predicted molar refractivity (Wildman–Crippen MR) is 85.3 cm³/mol. The van der Waals surface area contributed by atoms with Crippen LogP contribution < -0.4 is 11.1 Å². The lowest BCUT2D eigenvalue weighted by molar-refractivity contribution is -0.166. The largest absolute Gasteiger partial charge is 0.378 e. The number of nitrogens with one attached hydrogen (secondary N) is 1. The van der Waals surface area contributed by atoms with Gasteiger partial charge in [-0.25, -0.2) is 0 Å². The van der Waals surface area contributed by atoms with Gasteiger partial charge in [0.2, 0.25) is 5.91 Å². The molecule has 21 heavy (non-hydrogen) atoms. The molecule has 0 heterocycles. The number of carbonyl (C=O) groups excluding carboxylic acids is 1. The third-order valence-corrected chi connectivity index (χ3v) is 4.88. The maximum absolute atomic E-state index is 12.7. The molecule has 0 aromatic heterocycles. The van der Waals surface area contributed by atoms with Crippen molar-refractivity contribution < 1.29 is 9.53 Å². The van der Waals surface area contributed by atoms with Gasteiger partial charge in [-0.1, -0.05) is 26.0 Å². The minimum Gasteiger partial charge on any atom is -0.378 e. The van der Waals surface area contributed by atoms with Crippen LogP contribution in [0.15, 0.2) is 18.2 Å². The van der Waals surface area contributed by atoms with Crippen molar-refractivity contribution >= 4 is 11.6 Å².